The summed E-state index contributed by atoms with van der Waals surface area (Å²) in [6.45, 7) is 1.17. The van der Waals surface area contributed by atoms with E-state index in [1.165, 1.54) is 6.08 Å². The fraction of sp³-hybridized carbons (Fsp3) is 0.600. The van der Waals surface area contributed by atoms with E-state index in [4.69, 9.17) is 19.8 Å². The average molecular weight is 245 g/mol. The molecule has 0 bridgehead atoms. The minimum atomic E-state index is -5.03. The van der Waals surface area contributed by atoms with E-state index in [1.54, 1.807) is 6.92 Å². The Morgan fingerprint density at radius 2 is 1.86 bits per heavy atom. The Morgan fingerprint density at radius 1 is 1.36 bits per heavy atom. The highest BCUT2D eigenvalue weighted by molar-refractivity contribution is 8.27. The molecule has 0 amide bonds. The lowest BCUT2D eigenvalue weighted by atomic mass is 10.3. The summed E-state index contributed by atoms with van der Waals surface area (Å²) in [5.41, 5.74) is 0.531. The molecule has 9 heteroatoms. The molecule has 0 saturated carbocycles. The van der Waals surface area contributed by atoms with Crippen molar-refractivity contribution in [1.82, 2.24) is 5.09 Å². The van der Waals surface area contributed by atoms with Crippen LogP contribution < -0.4 is 5.09 Å². The quantitative estimate of drug-likeness (QED) is 0.335. The van der Waals surface area contributed by atoms with E-state index in [2.05, 4.69) is 0 Å². The fourth-order valence-electron chi connectivity index (χ4n) is 0.495. The van der Waals surface area contributed by atoms with Crippen LogP contribution in [0.25, 0.3) is 0 Å². The Morgan fingerprint density at radius 3 is 2.21 bits per heavy atom. The van der Waals surface area contributed by atoms with Crippen LogP contribution in [0, 0.1) is 0 Å². The van der Waals surface area contributed by atoms with Crippen molar-refractivity contribution in [2.24, 2.45) is 0 Å². The van der Waals surface area contributed by atoms with Gasteiger partial charge in [-0.2, -0.15) is 0 Å². The maximum atomic E-state index is 10.9. The second kappa shape index (κ2) is 5.19. The van der Waals surface area contributed by atoms with E-state index in [1.807, 2.05) is 5.09 Å². The zero-order valence-corrected chi connectivity index (χ0v) is 9.28. The summed E-state index contributed by atoms with van der Waals surface area (Å²) in [4.78, 5) is 25.7. The third kappa shape index (κ3) is 4.48. The minimum Gasteiger partial charge on any atom is -0.392 e. The molecule has 0 heterocycles. The van der Waals surface area contributed by atoms with Crippen molar-refractivity contribution in [3.8, 4) is 0 Å². The molecule has 84 valence electrons. The summed E-state index contributed by atoms with van der Waals surface area (Å²) < 4.78 is 21.3. The van der Waals surface area contributed by atoms with Crippen molar-refractivity contribution < 1.29 is 28.9 Å². The molecule has 0 aromatic rings. The van der Waals surface area contributed by atoms with Crippen molar-refractivity contribution in [1.29, 1.82) is 0 Å². The first kappa shape index (κ1) is 14.0. The maximum Gasteiger partial charge on any atom is 0.423 e. The number of aliphatic hydroxyl groups excluding tert-OH is 1. The molecule has 0 saturated heterocycles. The predicted octanol–water partition coefficient (Wildman–Crippen LogP) is -0.207. The van der Waals surface area contributed by atoms with Crippen LogP contribution in [0.15, 0.2) is 11.6 Å². The molecular formula is C5H13NO6P2. The first-order valence-electron chi connectivity index (χ1n) is 3.61. The fourth-order valence-corrected chi connectivity index (χ4v) is 1.81. The summed E-state index contributed by atoms with van der Waals surface area (Å²) in [7, 11) is -9.68. The highest BCUT2D eigenvalue weighted by atomic mass is 32.1. The summed E-state index contributed by atoms with van der Waals surface area (Å²) in [5.74, 6) is 0. The van der Waals surface area contributed by atoms with Crippen molar-refractivity contribution in [2.75, 3.05) is 13.2 Å². The van der Waals surface area contributed by atoms with Crippen molar-refractivity contribution >= 4 is 14.5 Å². The molecule has 1 atom stereocenters. The zero-order valence-electron chi connectivity index (χ0n) is 7.49. The van der Waals surface area contributed by atoms with Gasteiger partial charge < -0.3 is 19.8 Å². The van der Waals surface area contributed by atoms with E-state index in [9.17, 15) is 9.13 Å². The Kier molecular flexibility index (Phi) is 5.19. The maximum absolute atomic E-state index is 10.9. The predicted molar refractivity (Wildman–Crippen MR) is 50.7 cm³/mol. The number of nitrogens with one attached hydrogen (secondary N) is 1. The van der Waals surface area contributed by atoms with E-state index in [-0.39, 0.29) is 13.2 Å². The molecule has 0 radical (unpaired) electrons. The molecule has 5 N–H and O–H groups in total. The van der Waals surface area contributed by atoms with Gasteiger partial charge in [0.2, 0.25) is 0 Å². The molecule has 0 rings (SSSR count). The lowest BCUT2D eigenvalue weighted by Crippen LogP contribution is -2.10. The van der Waals surface area contributed by atoms with Gasteiger partial charge in [-0.1, -0.05) is 11.6 Å². The van der Waals surface area contributed by atoms with Crippen molar-refractivity contribution in [2.45, 2.75) is 6.92 Å². The molecule has 1 unspecified atom stereocenters. The molecular weight excluding hydrogens is 232 g/mol. The van der Waals surface area contributed by atoms with Gasteiger partial charge in [-0.05, 0) is 6.92 Å². The molecule has 0 aliphatic heterocycles. The molecule has 0 aliphatic rings. The van der Waals surface area contributed by atoms with Gasteiger partial charge in [-0.3, -0.25) is 4.57 Å². The number of rotatable bonds is 5. The first-order chi connectivity index (χ1) is 6.20. The van der Waals surface area contributed by atoms with Gasteiger partial charge in [0.05, 0.1) is 6.61 Å². The number of aliphatic hydroxyl groups is 1. The van der Waals surface area contributed by atoms with Crippen molar-refractivity contribution in [3.05, 3.63) is 11.6 Å². The summed E-state index contributed by atoms with van der Waals surface area (Å²) in [6, 6.07) is 0. The molecule has 0 aliphatic carbocycles. The van der Waals surface area contributed by atoms with Gasteiger partial charge in [0, 0.05) is 6.54 Å². The van der Waals surface area contributed by atoms with Crippen LogP contribution in [0.4, 0.5) is 0 Å². The standard InChI is InChI=1S/C5H13NO6P2/c1-5(4-7)2-3-6-13(8,9)14(10,11)12/h2,7H,3-4H2,1H3,(H2,6,8,9)(H2,10,11,12)/b5-2+. The molecule has 0 aromatic heterocycles. The highest BCUT2D eigenvalue weighted by Gasteiger charge is 2.39. The van der Waals surface area contributed by atoms with Crippen molar-refractivity contribution in [3.63, 3.8) is 0 Å². The van der Waals surface area contributed by atoms with Gasteiger partial charge in [-0.25, -0.2) is 9.65 Å². The second-order valence-electron chi connectivity index (χ2n) is 2.63. The third-order valence-corrected chi connectivity index (χ3v) is 5.19. The average Bonchev–Trinajstić information content (AvgIpc) is 2.01. The van der Waals surface area contributed by atoms with E-state index >= 15 is 0 Å². The molecule has 0 spiro atoms. The monoisotopic (exact) mass is 245 g/mol. The number of hydrogen-bond donors (Lipinski definition) is 5. The van der Waals surface area contributed by atoms with Crippen LogP contribution in [0.5, 0.6) is 0 Å². The van der Waals surface area contributed by atoms with Crippen LogP contribution in [-0.2, 0) is 9.13 Å². The third-order valence-electron chi connectivity index (χ3n) is 1.35. The lowest BCUT2D eigenvalue weighted by Gasteiger charge is -2.12. The van der Waals surface area contributed by atoms with Crippen LogP contribution in [-0.4, -0.2) is 32.9 Å². The van der Waals surface area contributed by atoms with Crippen LogP contribution in [0.3, 0.4) is 0 Å². The van der Waals surface area contributed by atoms with Crippen LogP contribution >= 0.6 is 14.5 Å². The smallest absolute Gasteiger partial charge is 0.392 e. The SMILES string of the molecule is C/C(=C\CNP(=O)(O)P(=O)(O)O)CO. The Bertz CT molecular complexity index is 307. The Labute approximate surface area is 81.0 Å². The molecule has 0 aromatic carbocycles. The highest BCUT2D eigenvalue weighted by Crippen LogP contribution is 2.71. The zero-order chi connectivity index (χ0) is 11.4. The van der Waals surface area contributed by atoms with E-state index in [0.717, 1.165) is 0 Å². The van der Waals surface area contributed by atoms with E-state index in [0.29, 0.717) is 5.57 Å². The van der Waals surface area contributed by atoms with E-state index < -0.39 is 14.5 Å². The molecule has 0 fully saturated rings. The number of hydrogen-bond acceptors (Lipinski definition) is 3. The second-order valence-corrected chi connectivity index (χ2v) is 8.25. The van der Waals surface area contributed by atoms with Gasteiger partial charge in [0.1, 0.15) is 0 Å². The Hall–Kier alpha value is -0.0000000000000000694. The van der Waals surface area contributed by atoms with Crippen LogP contribution in [0.2, 0.25) is 0 Å². The largest absolute Gasteiger partial charge is 0.423 e. The van der Waals surface area contributed by atoms with Gasteiger partial charge in [0.15, 0.2) is 0 Å². The Balaban J connectivity index is 4.29. The minimum absolute atomic E-state index is 0.189. The van der Waals surface area contributed by atoms with Gasteiger partial charge in [0.25, 0.3) is 0 Å². The lowest BCUT2D eigenvalue weighted by molar-refractivity contribution is 0.331. The normalized spacial score (nSPS) is 17.9. The first-order valence-corrected chi connectivity index (χ1v) is 7.59. The van der Waals surface area contributed by atoms with Crippen LogP contribution in [0.1, 0.15) is 6.92 Å². The summed E-state index contributed by atoms with van der Waals surface area (Å²) >= 11 is 0. The molecule has 14 heavy (non-hydrogen) atoms. The van der Waals surface area contributed by atoms with Gasteiger partial charge in [-0.15, -0.1) is 0 Å². The summed E-state index contributed by atoms with van der Waals surface area (Å²) in [6.07, 6.45) is 1.36. The molecule has 7 nitrogen and oxygen atoms in total. The summed E-state index contributed by atoms with van der Waals surface area (Å²) in [5, 5.41) is 10.4. The topological polar surface area (TPSA) is 127 Å². The van der Waals surface area contributed by atoms with Gasteiger partial charge >= 0.3 is 14.5 Å².